The van der Waals surface area contributed by atoms with Crippen LogP contribution < -0.4 is 5.32 Å². The predicted molar refractivity (Wildman–Crippen MR) is 140 cm³/mol. The van der Waals surface area contributed by atoms with E-state index in [1.165, 1.54) is 6.20 Å². The Balaban J connectivity index is 1.41. The zero-order chi connectivity index (χ0) is 24.1. The van der Waals surface area contributed by atoms with E-state index in [0.29, 0.717) is 16.4 Å². The normalized spacial score (nSPS) is 15.1. The summed E-state index contributed by atoms with van der Waals surface area (Å²) in [5, 5.41) is 4.49. The highest BCUT2D eigenvalue weighted by atomic mass is 35.5. The Morgan fingerprint density at radius 3 is 2.56 bits per heavy atom. The van der Waals surface area contributed by atoms with E-state index in [-0.39, 0.29) is 17.0 Å². The molecule has 176 valence electrons. The third-order valence-corrected chi connectivity index (χ3v) is 6.78. The van der Waals surface area contributed by atoms with E-state index in [1.807, 2.05) is 37.3 Å². The number of carbonyl (C=O) groups is 1. The Hall–Kier alpha value is -2.44. The highest BCUT2D eigenvalue weighted by molar-refractivity contribution is 6.31. The van der Waals surface area contributed by atoms with Crippen LogP contribution in [0.2, 0.25) is 15.3 Å². The van der Waals surface area contributed by atoms with E-state index < -0.39 is 0 Å². The summed E-state index contributed by atoms with van der Waals surface area (Å²) in [5.41, 5.74) is 3.93. The molecular weight excluding hydrogens is 491 g/mol. The summed E-state index contributed by atoms with van der Waals surface area (Å²) in [4.78, 5) is 23.8. The first-order valence-electron chi connectivity index (χ1n) is 11.1. The number of rotatable bonds is 6. The van der Waals surface area contributed by atoms with E-state index in [1.54, 1.807) is 12.1 Å². The number of carbonyl (C=O) groups excluding carboxylic acids is 1. The average molecular weight is 516 g/mol. The Morgan fingerprint density at radius 2 is 1.85 bits per heavy atom. The number of aryl methyl sites for hydroxylation is 1. The molecule has 1 N–H and O–H groups in total. The standard InChI is InChI=1S/C26H25Cl3N4O/c1-17-15-22(31-26(34)20-8-11-30-23(28)16-20)24(32-25(17)29)19-9-13-33(14-10-19)12-2-3-18-4-6-21(27)7-5-18/h2-8,11,15-16,19H,9-10,12-14H2,1H3,(H,31,34)/b3-2+. The molecular formula is C26H25Cl3N4O. The van der Waals surface area contributed by atoms with Crippen molar-refractivity contribution in [2.75, 3.05) is 25.0 Å². The molecule has 3 heterocycles. The van der Waals surface area contributed by atoms with Crippen molar-refractivity contribution >= 4 is 52.5 Å². The van der Waals surface area contributed by atoms with Gasteiger partial charge in [0.2, 0.25) is 0 Å². The molecule has 1 amide bonds. The lowest BCUT2D eigenvalue weighted by Gasteiger charge is -2.32. The van der Waals surface area contributed by atoms with Gasteiger partial charge in [-0.3, -0.25) is 9.69 Å². The van der Waals surface area contributed by atoms with Gasteiger partial charge >= 0.3 is 0 Å². The van der Waals surface area contributed by atoms with Gasteiger partial charge in [-0.05, 0) is 74.3 Å². The van der Waals surface area contributed by atoms with Gasteiger partial charge in [-0.15, -0.1) is 0 Å². The number of likely N-dealkylation sites (tertiary alicyclic amines) is 1. The van der Waals surface area contributed by atoms with Crippen molar-refractivity contribution in [3.05, 3.63) is 92.5 Å². The molecule has 0 atom stereocenters. The van der Waals surface area contributed by atoms with E-state index in [0.717, 1.165) is 54.3 Å². The maximum absolute atomic E-state index is 12.8. The van der Waals surface area contributed by atoms with Crippen LogP contribution in [-0.2, 0) is 0 Å². The molecule has 0 unspecified atom stereocenters. The van der Waals surface area contributed by atoms with Crippen molar-refractivity contribution in [3.8, 4) is 0 Å². The Labute approximate surface area is 214 Å². The smallest absolute Gasteiger partial charge is 0.255 e. The highest BCUT2D eigenvalue weighted by Crippen LogP contribution is 2.34. The van der Waals surface area contributed by atoms with Crippen molar-refractivity contribution in [2.45, 2.75) is 25.7 Å². The second-order valence-electron chi connectivity index (χ2n) is 8.38. The van der Waals surface area contributed by atoms with Crippen molar-refractivity contribution in [1.29, 1.82) is 0 Å². The van der Waals surface area contributed by atoms with E-state index in [4.69, 9.17) is 34.8 Å². The molecule has 1 aliphatic rings. The zero-order valence-corrected chi connectivity index (χ0v) is 21.0. The summed E-state index contributed by atoms with van der Waals surface area (Å²) >= 11 is 18.3. The predicted octanol–water partition coefficient (Wildman–Crippen LogP) is 6.89. The minimum absolute atomic E-state index is 0.214. The fourth-order valence-electron chi connectivity index (χ4n) is 4.05. The molecule has 34 heavy (non-hydrogen) atoms. The van der Waals surface area contributed by atoms with Crippen molar-refractivity contribution < 1.29 is 4.79 Å². The maximum atomic E-state index is 12.8. The molecule has 4 rings (SSSR count). The molecule has 0 saturated carbocycles. The molecule has 3 aromatic rings. The van der Waals surface area contributed by atoms with Crippen LogP contribution in [0.5, 0.6) is 0 Å². The summed E-state index contributed by atoms with van der Waals surface area (Å²) in [6, 6.07) is 12.9. The fraction of sp³-hybridized carbons (Fsp3) is 0.269. The van der Waals surface area contributed by atoms with Crippen LogP contribution in [0.3, 0.4) is 0 Å². The van der Waals surface area contributed by atoms with Gasteiger partial charge in [0.25, 0.3) is 5.91 Å². The van der Waals surface area contributed by atoms with Crippen molar-refractivity contribution in [3.63, 3.8) is 0 Å². The fourth-order valence-corrected chi connectivity index (χ4v) is 4.50. The van der Waals surface area contributed by atoms with Gasteiger partial charge in [0.15, 0.2) is 0 Å². The van der Waals surface area contributed by atoms with Gasteiger partial charge in [-0.1, -0.05) is 59.1 Å². The molecule has 2 aromatic heterocycles. The molecule has 1 aliphatic heterocycles. The van der Waals surface area contributed by atoms with Gasteiger partial charge in [-0.25, -0.2) is 9.97 Å². The van der Waals surface area contributed by atoms with Gasteiger partial charge in [0, 0.05) is 29.2 Å². The van der Waals surface area contributed by atoms with Crippen molar-refractivity contribution in [2.24, 2.45) is 0 Å². The highest BCUT2D eigenvalue weighted by Gasteiger charge is 2.25. The number of halogens is 3. The lowest BCUT2D eigenvalue weighted by molar-refractivity contribution is 0.102. The number of hydrogen-bond donors (Lipinski definition) is 1. The molecule has 0 bridgehead atoms. The molecule has 0 radical (unpaired) electrons. The summed E-state index contributed by atoms with van der Waals surface area (Å²) in [6.45, 7) is 4.64. The third kappa shape index (κ3) is 6.36. The minimum Gasteiger partial charge on any atom is -0.320 e. The third-order valence-electron chi connectivity index (χ3n) is 5.94. The Kier molecular flexibility index (Phi) is 8.22. The van der Waals surface area contributed by atoms with Gasteiger partial charge in [0.1, 0.15) is 10.3 Å². The Morgan fingerprint density at radius 1 is 1.12 bits per heavy atom. The first kappa shape index (κ1) is 24.7. The first-order valence-corrected chi connectivity index (χ1v) is 12.3. The summed E-state index contributed by atoms with van der Waals surface area (Å²) < 4.78 is 0. The number of aromatic nitrogens is 2. The summed E-state index contributed by atoms with van der Waals surface area (Å²) in [7, 11) is 0. The zero-order valence-electron chi connectivity index (χ0n) is 18.8. The number of hydrogen-bond acceptors (Lipinski definition) is 4. The average Bonchev–Trinajstić information content (AvgIpc) is 2.83. The lowest BCUT2D eigenvalue weighted by atomic mass is 9.91. The van der Waals surface area contributed by atoms with Crippen LogP contribution in [-0.4, -0.2) is 40.4 Å². The van der Waals surface area contributed by atoms with E-state index in [9.17, 15) is 4.79 Å². The van der Waals surface area contributed by atoms with E-state index in [2.05, 4.69) is 32.3 Å². The van der Waals surface area contributed by atoms with Crippen LogP contribution in [0.4, 0.5) is 5.69 Å². The van der Waals surface area contributed by atoms with Crippen LogP contribution in [0.15, 0.2) is 54.7 Å². The molecule has 0 spiro atoms. The minimum atomic E-state index is -0.251. The molecule has 1 aromatic carbocycles. The summed E-state index contributed by atoms with van der Waals surface area (Å²) in [6.07, 6.45) is 7.68. The number of nitrogens with zero attached hydrogens (tertiary/aromatic N) is 3. The van der Waals surface area contributed by atoms with Crippen LogP contribution >= 0.6 is 34.8 Å². The second-order valence-corrected chi connectivity index (χ2v) is 9.56. The number of amides is 1. The van der Waals surface area contributed by atoms with Crippen LogP contribution in [0.25, 0.3) is 6.08 Å². The number of benzene rings is 1. The second kappa shape index (κ2) is 11.3. The van der Waals surface area contributed by atoms with Gasteiger partial charge < -0.3 is 5.32 Å². The summed E-state index contributed by atoms with van der Waals surface area (Å²) in [5.74, 6) is -0.0373. The number of pyridine rings is 2. The van der Waals surface area contributed by atoms with Crippen molar-refractivity contribution in [1.82, 2.24) is 14.9 Å². The lowest BCUT2D eigenvalue weighted by Crippen LogP contribution is -2.33. The SMILES string of the molecule is Cc1cc(NC(=O)c2ccnc(Cl)c2)c(C2CCN(C/C=C/c3ccc(Cl)cc3)CC2)nc1Cl. The van der Waals surface area contributed by atoms with Gasteiger partial charge in [-0.2, -0.15) is 0 Å². The van der Waals surface area contributed by atoms with E-state index >= 15 is 0 Å². The number of nitrogens with one attached hydrogen (secondary N) is 1. The van der Waals surface area contributed by atoms with Gasteiger partial charge in [0.05, 0.1) is 11.4 Å². The van der Waals surface area contributed by atoms with Crippen LogP contribution in [0.1, 0.15) is 45.9 Å². The molecule has 1 saturated heterocycles. The van der Waals surface area contributed by atoms with Crippen LogP contribution in [0, 0.1) is 6.92 Å². The molecule has 8 heteroatoms. The molecule has 5 nitrogen and oxygen atoms in total. The number of piperidine rings is 1. The molecule has 0 aliphatic carbocycles. The maximum Gasteiger partial charge on any atom is 0.255 e. The first-order chi connectivity index (χ1) is 16.4. The monoisotopic (exact) mass is 514 g/mol. The largest absolute Gasteiger partial charge is 0.320 e. The molecule has 1 fully saturated rings. The number of anilines is 1. The quantitative estimate of drug-likeness (QED) is 0.363. The topological polar surface area (TPSA) is 58.1 Å². The Bertz CT molecular complexity index is 1190.